The van der Waals surface area contributed by atoms with Gasteiger partial charge in [0.1, 0.15) is 0 Å². The Hall–Kier alpha value is 0.310. The van der Waals surface area contributed by atoms with E-state index in [-0.39, 0.29) is 0 Å². The van der Waals surface area contributed by atoms with Gasteiger partial charge in [-0.15, -0.1) is 0 Å². The summed E-state index contributed by atoms with van der Waals surface area (Å²) in [5, 5.41) is 3.75. The fourth-order valence-corrected chi connectivity index (χ4v) is 3.26. The molecule has 90 valence electrons. The highest BCUT2D eigenvalue weighted by molar-refractivity contribution is 7.98. The van der Waals surface area contributed by atoms with Crippen molar-refractivity contribution in [2.45, 2.75) is 52.0 Å². The molecule has 1 aliphatic rings. The van der Waals surface area contributed by atoms with Gasteiger partial charge in [-0.05, 0) is 56.1 Å². The second-order valence-electron chi connectivity index (χ2n) is 4.87. The molecule has 0 aromatic rings. The summed E-state index contributed by atoms with van der Waals surface area (Å²) in [7, 11) is 0. The topological polar surface area (TPSA) is 12.0 Å². The number of rotatable bonds is 7. The van der Waals surface area contributed by atoms with Crippen molar-refractivity contribution in [1.29, 1.82) is 0 Å². The Bertz CT molecular complexity index is 161. The number of thioether (sulfide) groups is 1. The van der Waals surface area contributed by atoms with Crippen molar-refractivity contribution in [1.82, 2.24) is 5.32 Å². The van der Waals surface area contributed by atoms with E-state index in [0.29, 0.717) is 0 Å². The zero-order valence-electron chi connectivity index (χ0n) is 10.6. The van der Waals surface area contributed by atoms with Crippen molar-refractivity contribution in [3.05, 3.63) is 0 Å². The lowest BCUT2D eigenvalue weighted by Gasteiger charge is -2.20. The molecule has 0 aliphatic heterocycles. The molecule has 0 bridgehead atoms. The van der Waals surface area contributed by atoms with Crippen molar-refractivity contribution in [2.75, 3.05) is 18.6 Å². The van der Waals surface area contributed by atoms with Crippen molar-refractivity contribution in [3.63, 3.8) is 0 Å². The third kappa shape index (κ3) is 4.36. The predicted octanol–water partition coefficient (Wildman–Crippen LogP) is 3.54. The van der Waals surface area contributed by atoms with E-state index < -0.39 is 0 Å². The summed E-state index contributed by atoms with van der Waals surface area (Å²) in [6.07, 6.45) is 9.12. The highest BCUT2D eigenvalue weighted by Gasteiger charge is 2.30. The molecule has 0 radical (unpaired) electrons. The molecule has 3 atom stereocenters. The fourth-order valence-electron chi connectivity index (χ4n) is 2.77. The Morgan fingerprint density at radius 3 is 2.67 bits per heavy atom. The van der Waals surface area contributed by atoms with Crippen molar-refractivity contribution in [3.8, 4) is 0 Å². The van der Waals surface area contributed by atoms with E-state index in [0.717, 1.165) is 17.9 Å². The van der Waals surface area contributed by atoms with Crippen LogP contribution in [0.1, 0.15) is 46.0 Å². The van der Waals surface area contributed by atoms with E-state index in [1.807, 2.05) is 11.8 Å². The maximum atomic E-state index is 3.75. The van der Waals surface area contributed by atoms with Crippen LogP contribution in [0.5, 0.6) is 0 Å². The average molecular weight is 229 g/mol. The molecule has 0 amide bonds. The van der Waals surface area contributed by atoms with Crippen LogP contribution in [0.2, 0.25) is 0 Å². The quantitative estimate of drug-likeness (QED) is 0.670. The highest BCUT2D eigenvalue weighted by atomic mass is 32.2. The third-order valence-corrected chi connectivity index (χ3v) is 4.63. The predicted molar refractivity (Wildman–Crippen MR) is 71.6 cm³/mol. The number of unbranched alkanes of at least 4 members (excludes halogenated alkanes) is 1. The van der Waals surface area contributed by atoms with Crippen LogP contribution in [0, 0.1) is 11.8 Å². The molecule has 1 saturated carbocycles. The first-order valence-electron chi connectivity index (χ1n) is 6.52. The zero-order chi connectivity index (χ0) is 11.1. The lowest BCUT2D eigenvalue weighted by Crippen LogP contribution is -2.33. The summed E-state index contributed by atoms with van der Waals surface area (Å²) < 4.78 is 0. The van der Waals surface area contributed by atoms with Crippen LogP contribution < -0.4 is 5.32 Å². The van der Waals surface area contributed by atoms with Crippen LogP contribution in [0.4, 0.5) is 0 Å². The molecular weight excluding hydrogens is 202 g/mol. The summed E-state index contributed by atoms with van der Waals surface area (Å²) in [5.41, 5.74) is 0. The van der Waals surface area contributed by atoms with Gasteiger partial charge >= 0.3 is 0 Å². The number of nitrogens with one attached hydrogen (secondary N) is 1. The zero-order valence-corrected chi connectivity index (χ0v) is 11.4. The molecule has 3 unspecified atom stereocenters. The molecule has 2 heteroatoms. The maximum Gasteiger partial charge on any atom is 0.00954 e. The Kier molecular flexibility index (Phi) is 6.74. The van der Waals surface area contributed by atoms with Gasteiger partial charge in [0.15, 0.2) is 0 Å². The summed E-state index contributed by atoms with van der Waals surface area (Å²) in [6, 6.07) is 0.809. The van der Waals surface area contributed by atoms with Gasteiger partial charge in [0.05, 0.1) is 0 Å². The van der Waals surface area contributed by atoms with E-state index in [2.05, 4.69) is 25.4 Å². The molecule has 0 spiro atoms. The Labute approximate surface area is 99.8 Å². The SMILES string of the molecule is CCC1CCC(NCCCCSC)C1C. The second kappa shape index (κ2) is 7.56. The number of hydrogen-bond donors (Lipinski definition) is 1. The lowest BCUT2D eigenvalue weighted by molar-refractivity contribution is 0.344. The first-order valence-corrected chi connectivity index (χ1v) is 7.91. The Morgan fingerprint density at radius 1 is 1.27 bits per heavy atom. The fraction of sp³-hybridized carbons (Fsp3) is 1.00. The number of hydrogen-bond acceptors (Lipinski definition) is 2. The van der Waals surface area contributed by atoms with E-state index in [1.165, 1.54) is 44.4 Å². The summed E-state index contributed by atoms with van der Waals surface area (Å²) in [4.78, 5) is 0. The van der Waals surface area contributed by atoms with Gasteiger partial charge in [0.2, 0.25) is 0 Å². The molecule has 0 aromatic heterocycles. The largest absolute Gasteiger partial charge is 0.314 e. The van der Waals surface area contributed by atoms with Crippen LogP contribution in [-0.2, 0) is 0 Å². The molecule has 0 heterocycles. The van der Waals surface area contributed by atoms with Crippen molar-refractivity contribution in [2.24, 2.45) is 11.8 Å². The van der Waals surface area contributed by atoms with Crippen molar-refractivity contribution >= 4 is 11.8 Å². The van der Waals surface area contributed by atoms with Gasteiger partial charge in [0, 0.05) is 6.04 Å². The standard InChI is InChI=1S/C13H27NS/c1-4-12-7-8-13(11(12)2)14-9-5-6-10-15-3/h11-14H,4-10H2,1-3H3. The molecule has 1 nitrogen and oxygen atoms in total. The molecule has 0 aromatic carbocycles. The minimum Gasteiger partial charge on any atom is -0.314 e. The molecule has 1 N–H and O–H groups in total. The van der Waals surface area contributed by atoms with E-state index in [9.17, 15) is 0 Å². The minimum atomic E-state index is 0.809. The summed E-state index contributed by atoms with van der Waals surface area (Å²) in [6.45, 7) is 5.99. The molecule has 1 aliphatic carbocycles. The summed E-state index contributed by atoms with van der Waals surface area (Å²) in [5.74, 6) is 3.20. The smallest absolute Gasteiger partial charge is 0.00954 e. The van der Waals surface area contributed by atoms with Crippen LogP contribution in [0.25, 0.3) is 0 Å². The lowest BCUT2D eigenvalue weighted by atomic mass is 9.93. The first-order chi connectivity index (χ1) is 7.29. The average Bonchev–Trinajstić information content (AvgIpc) is 2.60. The molecule has 15 heavy (non-hydrogen) atoms. The minimum absolute atomic E-state index is 0.809. The van der Waals surface area contributed by atoms with Gasteiger partial charge < -0.3 is 5.32 Å². The van der Waals surface area contributed by atoms with Crippen LogP contribution in [0.15, 0.2) is 0 Å². The van der Waals surface area contributed by atoms with Crippen LogP contribution in [-0.4, -0.2) is 24.6 Å². The van der Waals surface area contributed by atoms with E-state index in [4.69, 9.17) is 0 Å². The Morgan fingerprint density at radius 2 is 2.07 bits per heavy atom. The Balaban J connectivity index is 2.07. The molecular formula is C13H27NS. The highest BCUT2D eigenvalue weighted by Crippen LogP contribution is 2.33. The first kappa shape index (κ1) is 13.4. The van der Waals surface area contributed by atoms with Gasteiger partial charge in [-0.3, -0.25) is 0 Å². The van der Waals surface area contributed by atoms with Gasteiger partial charge in [-0.25, -0.2) is 0 Å². The van der Waals surface area contributed by atoms with Gasteiger partial charge in [0.25, 0.3) is 0 Å². The molecule has 1 rings (SSSR count). The van der Waals surface area contributed by atoms with E-state index >= 15 is 0 Å². The van der Waals surface area contributed by atoms with E-state index in [1.54, 1.807) is 0 Å². The third-order valence-electron chi connectivity index (χ3n) is 3.93. The van der Waals surface area contributed by atoms with Gasteiger partial charge in [-0.2, -0.15) is 11.8 Å². The molecule has 1 fully saturated rings. The normalized spacial score (nSPS) is 31.0. The maximum absolute atomic E-state index is 3.75. The van der Waals surface area contributed by atoms with Gasteiger partial charge in [-0.1, -0.05) is 20.3 Å². The monoisotopic (exact) mass is 229 g/mol. The molecule has 0 saturated heterocycles. The second-order valence-corrected chi connectivity index (χ2v) is 5.85. The summed E-state index contributed by atoms with van der Waals surface area (Å²) >= 11 is 1.96. The van der Waals surface area contributed by atoms with Crippen LogP contribution in [0.3, 0.4) is 0 Å². The van der Waals surface area contributed by atoms with Crippen LogP contribution >= 0.6 is 11.8 Å². The van der Waals surface area contributed by atoms with Crippen molar-refractivity contribution < 1.29 is 0 Å².